The standard InChI is InChI=1S/C26H28N2O3.ClH/c29-24-13-11-23(12-14-24)28(22-7-3-1-4-8-22)26(30)21-9-15-25(16-10-21)31-20-19-27-17-5-2-6-18-27;/h1,3-4,7-16,29H,2,5-6,17-20H2;1H. The zero-order valence-electron chi connectivity index (χ0n) is 18.0. The van der Waals surface area contributed by atoms with Crippen LogP contribution in [0, 0.1) is 0 Å². The molecule has 1 N–H and O–H groups in total. The molecule has 0 spiro atoms. The van der Waals surface area contributed by atoms with E-state index in [1.165, 1.54) is 19.3 Å². The SMILES string of the molecule is Cl.O=C(c1ccc(OCCN2CCCCC2)cc1)N(c1ccccc1)c1ccc(O)cc1. The lowest BCUT2D eigenvalue weighted by molar-refractivity contribution is 0.0999. The summed E-state index contributed by atoms with van der Waals surface area (Å²) in [4.78, 5) is 17.5. The third kappa shape index (κ3) is 6.02. The van der Waals surface area contributed by atoms with Crippen molar-refractivity contribution < 1.29 is 14.6 Å². The Morgan fingerprint density at radius 1 is 0.844 bits per heavy atom. The van der Waals surface area contributed by atoms with E-state index in [1.807, 2.05) is 42.5 Å². The number of carbonyl (C=O) groups is 1. The second kappa shape index (κ2) is 11.6. The van der Waals surface area contributed by atoms with Crippen LogP contribution in [0.1, 0.15) is 29.6 Å². The summed E-state index contributed by atoms with van der Waals surface area (Å²) in [6.07, 6.45) is 3.88. The van der Waals surface area contributed by atoms with Gasteiger partial charge in [0.25, 0.3) is 5.91 Å². The molecule has 1 fully saturated rings. The number of nitrogens with zero attached hydrogens (tertiary/aromatic N) is 2. The summed E-state index contributed by atoms with van der Waals surface area (Å²) in [5.41, 5.74) is 2.02. The summed E-state index contributed by atoms with van der Waals surface area (Å²) in [7, 11) is 0. The molecule has 0 bridgehead atoms. The fourth-order valence-corrected chi connectivity index (χ4v) is 3.86. The van der Waals surface area contributed by atoms with E-state index in [4.69, 9.17) is 4.74 Å². The highest BCUT2D eigenvalue weighted by Gasteiger charge is 2.20. The van der Waals surface area contributed by atoms with Gasteiger partial charge in [0.2, 0.25) is 0 Å². The van der Waals surface area contributed by atoms with Gasteiger partial charge in [-0.25, -0.2) is 0 Å². The predicted octanol–water partition coefficient (Wildman–Crippen LogP) is 5.66. The Bertz CT molecular complexity index is 972. The van der Waals surface area contributed by atoms with Crippen molar-refractivity contribution in [2.24, 2.45) is 0 Å². The van der Waals surface area contributed by atoms with Crippen molar-refractivity contribution in [2.75, 3.05) is 31.1 Å². The van der Waals surface area contributed by atoms with Crippen LogP contribution in [-0.2, 0) is 0 Å². The van der Waals surface area contributed by atoms with Gasteiger partial charge >= 0.3 is 0 Å². The highest BCUT2D eigenvalue weighted by Crippen LogP contribution is 2.29. The van der Waals surface area contributed by atoms with Crippen LogP contribution in [0.2, 0.25) is 0 Å². The Morgan fingerprint density at radius 2 is 1.47 bits per heavy atom. The van der Waals surface area contributed by atoms with Crippen LogP contribution in [0.3, 0.4) is 0 Å². The lowest BCUT2D eigenvalue weighted by Gasteiger charge is -2.26. The molecule has 3 aromatic rings. The van der Waals surface area contributed by atoms with Crippen molar-refractivity contribution in [3.8, 4) is 11.5 Å². The maximum atomic E-state index is 13.4. The molecule has 4 rings (SSSR count). The van der Waals surface area contributed by atoms with Crippen LogP contribution < -0.4 is 9.64 Å². The number of carbonyl (C=O) groups excluding carboxylic acids is 1. The molecule has 5 nitrogen and oxygen atoms in total. The molecule has 3 aromatic carbocycles. The summed E-state index contributed by atoms with van der Waals surface area (Å²) in [5, 5.41) is 9.63. The number of hydrogen-bond donors (Lipinski definition) is 1. The summed E-state index contributed by atoms with van der Waals surface area (Å²) < 4.78 is 5.89. The van der Waals surface area contributed by atoms with E-state index in [0.717, 1.165) is 31.1 Å². The van der Waals surface area contributed by atoms with Crippen molar-refractivity contribution in [2.45, 2.75) is 19.3 Å². The number of anilines is 2. The van der Waals surface area contributed by atoms with Gasteiger partial charge in [-0.1, -0.05) is 24.6 Å². The summed E-state index contributed by atoms with van der Waals surface area (Å²) in [6.45, 7) is 3.90. The van der Waals surface area contributed by atoms with E-state index in [-0.39, 0.29) is 24.1 Å². The zero-order chi connectivity index (χ0) is 21.5. The summed E-state index contributed by atoms with van der Waals surface area (Å²) in [5.74, 6) is 0.788. The van der Waals surface area contributed by atoms with E-state index in [9.17, 15) is 9.90 Å². The van der Waals surface area contributed by atoms with Gasteiger partial charge in [0, 0.05) is 23.5 Å². The van der Waals surface area contributed by atoms with E-state index in [1.54, 1.807) is 41.3 Å². The number of hydrogen-bond acceptors (Lipinski definition) is 4. The fraction of sp³-hybridized carbons (Fsp3) is 0.269. The molecule has 1 heterocycles. The third-order valence-corrected chi connectivity index (χ3v) is 5.55. The monoisotopic (exact) mass is 452 g/mol. The number of rotatable bonds is 7. The Balaban J connectivity index is 0.00000289. The predicted molar refractivity (Wildman–Crippen MR) is 130 cm³/mol. The molecule has 1 amide bonds. The molecule has 0 aromatic heterocycles. The molecule has 32 heavy (non-hydrogen) atoms. The van der Waals surface area contributed by atoms with Gasteiger partial charge in [-0.15, -0.1) is 12.4 Å². The average Bonchev–Trinajstić information content (AvgIpc) is 2.82. The van der Waals surface area contributed by atoms with Crippen molar-refractivity contribution >= 4 is 29.7 Å². The molecule has 0 radical (unpaired) electrons. The summed E-state index contributed by atoms with van der Waals surface area (Å²) >= 11 is 0. The zero-order valence-corrected chi connectivity index (χ0v) is 18.8. The number of ether oxygens (including phenoxy) is 1. The largest absolute Gasteiger partial charge is 0.508 e. The number of halogens is 1. The number of likely N-dealkylation sites (tertiary alicyclic amines) is 1. The van der Waals surface area contributed by atoms with Gasteiger partial charge in [0.05, 0.1) is 0 Å². The van der Waals surface area contributed by atoms with E-state index >= 15 is 0 Å². The molecule has 0 atom stereocenters. The van der Waals surface area contributed by atoms with Crippen LogP contribution >= 0.6 is 12.4 Å². The lowest BCUT2D eigenvalue weighted by atomic mass is 10.1. The van der Waals surface area contributed by atoms with E-state index in [0.29, 0.717) is 17.9 Å². The minimum absolute atomic E-state index is 0. The van der Waals surface area contributed by atoms with Gasteiger partial charge < -0.3 is 9.84 Å². The highest BCUT2D eigenvalue weighted by molar-refractivity contribution is 6.10. The first kappa shape index (κ1) is 23.6. The number of amides is 1. The number of phenols is 1. The molecular weight excluding hydrogens is 424 g/mol. The fourth-order valence-electron chi connectivity index (χ4n) is 3.86. The highest BCUT2D eigenvalue weighted by atomic mass is 35.5. The first-order valence-electron chi connectivity index (χ1n) is 10.8. The number of phenolic OH excluding ortho intramolecular Hbond substituents is 1. The molecule has 1 aliphatic heterocycles. The lowest BCUT2D eigenvalue weighted by Crippen LogP contribution is -2.33. The first-order valence-corrected chi connectivity index (χ1v) is 10.8. The smallest absolute Gasteiger partial charge is 0.262 e. The Hall–Kier alpha value is -3.02. The van der Waals surface area contributed by atoms with Crippen LogP contribution in [-0.4, -0.2) is 42.2 Å². The van der Waals surface area contributed by atoms with Crippen LogP contribution in [0.15, 0.2) is 78.9 Å². The van der Waals surface area contributed by atoms with Gasteiger partial charge in [-0.05, 0) is 86.6 Å². The molecule has 0 unspecified atom stereocenters. The number of aromatic hydroxyl groups is 1. The van der Waals surface area contributed by atoms with Crippen LogP contribution in [0.5, 0.6) is 11.5 Å². The van der Waals surface area contributed by atoms with Crippen molar-refractivity contribution in [3.63, 3.8) is 0 Å². The van der Waals surface area contributed by atoms with Crippen LogP contribution in [0.4, 0.5) is 11.4 Å². The Kier molecular flexibility index (Phi) is 8.54. The van der Waals surface area contributed by atoms with Crippen LogP contribution in [0.25, 0.3) is 0 Å². The normalized spacial score (nSPS) is 13.8. The number of piperidine rings is 1. The maximum Gasteiger partial charge on any atom is 0.262 e. The minimum Gasteiger partial charge on any atom is -0.508 e. The van der Waals surface area contributed by atoms with Gasteiger partial charge in [0.15, 0.2) is 0 Å². The van der Waals surface area contributed by atoms with Gasteiger partial charge in [0.1, 0.15) is 18.1 Å². The third-order valence-electron chi connectivity index (χ3n) is 5.55. The molecule has 1 aliphatic rings. The number of para-hydroxylation sites is 1. The Morgan fingerprint density at radius 3 is 2.12 bits per heavy atom. The maximum absolute atomic E-state index is 13.4. The second-order valence-electron chi connectivity index (χ2n) is 7.77. The second-order valence-corrected chi connectivity index (χ2v) is 7.77. The quantitative estimate of drug-likeness (QED) is 0.502. The summed E-state index contributed by atoms with van der Waals surface area (Å²) in [6, 6.07) is 23.4. The topological polar surface area (TPSA) is 53.0 Å². The molecule has 0 saturated carbocycles. The number of benzene rings is 3. The minimum atomic E-state index is -0.142. The molecule has 1 saturated heterocycles. The van der Waals surface area contributed by atoms with Gasteiger partial charge in [-0.3, -0.25) is 14.6 Å². The molecular formula is C26H29ClN2O3. The van der Waals surface area contributed by atoms with Gasteiger partial charge in [-0.2, -0.15) is 0 Å². The van der Waals surface area contributed by atoms with E-state index < -0.39 is 0 Å². The van der Waals surface area contributed by atoms with Crippen molar-refractivity contribution in [1.82, 2.24) is 4.90 Å². The van der Waals surface area contributed by atoms with E-state index in [2.05, 4.69) is 4.90 Å². The average molecular weight is 453 g/mol. The first-order chi connectivity index (χ1) is 15.2. The molecule has 168 valence electrons. The Labute approximate surface area is 195 Å². The molecule has 0 aliphatic carbocycles. The van der Waals surface area contributed by atoms with Crippen molar-refractivity contribution in [3.05, 3.63) is 84.4 Å². The molecule has 6 heteroatoms. The van der Waals surface area contributed by atoms with Crippen molar-refractivity contribution in [1.29, 1.82) is 0 Å².